The first-order chi connectivity index (χ1) is 13.5. The molecule has 0 unspecified atom stereocenters. The maximum atomic E-state index is 13.0. The summed E-state index contributed by atoms with van der Waals surface area (Å²) < 4.78 is 19.9. The molecule has 0 aliphatic carbocycles. The number of rotatable bonds is 3. The molecule has 3 heterocycles. The lowest BCUT2D eigenvalue weighted by Crippen LogP contribution is -2.53. The van der Waals surface area contributed by atoms with Gasteiger partial charge in [0.1, 0.15) is 11.4 Å². The van der Waals surface area contributed by atoms with E-state index in [0.29, 0.717) is 25.1 Å². The Morgan fingerprint density at radius 2 is 2.04 bits per heavy atom. The van der Waals surface area contributed by atoms with Gasteiger partial charge in [-0.25, -0.2) is 4.39 Å². The summed E-state index contributed by atoms with van der Waals surface area (Å²) in [6, 6.07) is 5.56. The van der Waals surface area contributed by atoms with Crippen molar-refractivity contribution in [1.82, 2.24) is 14.8 Å². The van der Waals surface area contributed by atoms with Crippen molar-refractivity contribution in [2.45, 2.75) is 25.7 Å². The number of benzene rings is 1. The highest BCUT2D eigenvalue weighted by Gasteiger charge is 2.38. The predicted octanol–water partition coefficient (Wildman–Crippen LogP) is 0.825. The van der Waals surface area contributed by atoms with E-state index in [1.54, 1.807) is 0 Å². The van der Waals surface area contributed by atoms with Crippen molar-refractivity contribution in [3.63, 3.8) is 0 Å². The molecule has 1 atom stereocenters. The molecule has 1 saturated heterocycles. The predicted molar refractivity (Wildman–Crippen MR) is 95.3 cm³/mol. The number of fused-ring (bicyclic) bond motifs is 2. The van der Waals surface area contributed by atoms with E-state index >= 15 is 0 Å². The first-order valence-corrected chi connectivity index (χ1v) is 8.87. The standard InChI is InChI=1S/C19H18FN3O5/c20-12-4-2-11(3-5-12)8-21-18(26)13-9-22-10-14-23(6-1-7-28-14)19(27)15(22)17(25)16(13)24/h2-5,9,14,25H,1,6-8,10H2,(H,21,26)/t14-/m1/s1. The van der Waals surface area contributed by atoms with Crippen LogP contribution in [0.1, 0.15) is 32.8 Å². The fraction of sp³-hybridized carbons (Fsp3) is 0.316. The zero-order valence-corrected chi connectivity index (χ0v) is 14.9. The molecule has 8 nitrogen and oxygen atoms in total. The topological polar surface area (TPSA) is 101 Å². The highest BCUT2D eigenvalue weighted by Crippen LogP contribution is 2.26. The molecule has 9 heteroatoms. The Kier molecular flexibility index (Phi) is 4.60. The van der Waals surface area contributed by atoms with Crippen molar-refractivity contribution in [2.75, 3.05) is 13.2 Å². The number of halogens is 1. The van der Waals surface area contributed by atoms with Crippen molar-refractivity contribution >= 4 is 11.8 Å². The van der Waals surface area contributed by atoms with Crippen LogP contribution >= 0.6 is 0 Å². The molecule has 0 bridgehead atoms. The number of pyridine rings is 1. The van der Waals surface area contributed by atoms with Crippen LogP contribution in [-0.2, 0) is 17.8 Å². The number of carbonyl (C=O) groups is 2. The molecule has 146 valence electrons. The van der Waals surface area contributed by atoms with Crippen molar-refractivity contribution in [3.8, 4) is 5.75 Å². The van der Waals surface area contributed by atoms with Gasteiger partial charge in [0.15, 0.2) is 17.7 Å². The van der Waals surface area contributed by atoms with Gasteiger partial charge in [-0.2, -0.15) is 0 Å². The molecule has 4 rings (SSSR count). The van der Waals surface area contributed by atoms with E-state index in [9.17, 15) is 23.9 Å². The average Bonchev–Trinajstić information content (AvgIpc) is 2.70. The normalized spacial score (nSPS) is 18.4. The molecule has 0 spiro atoms. The SMILES string of the molecule is O=C(NCc1ccc(F)cc1)c1cn2c(c(O)c1=O)C(=O)N1CCCO[C@@H]1C2. The van der Waals surface area contributed by atoms with Gasteiger partial charge < -0.3 is 24.6 Å². The van der Waals surface area contributed by atoms with Crippen molar-refractivity contribution < 1.29 is 23.8 Å². The lowest BCUT2D eigenvalue weighted by atomic mass is 10.1. The van der Waals surface area contributed by atoms with Crippen LogP contribution in [0.2, 0.25) is 0 Å². The summed E-state index contributed by atoms with van der Waals surface area (Å²) in [6.45, 7) is 1.30. The lowest BCUT2D eigenvalue weighted by Gasteiger charge is -2.40. The summed E-state index contributed by atoms with van der Waals surface area (Å²) >= 11 is 0. The molecular formula is C19H18FN3O5. The smallest absolute Gasteiger partial charge is 0.276 e. The Hall–Kier alpha value is -3.20. The second-order valence-corrected chi connectivity index (χ2v) is 6.71. The molecule has 1 aromatic carbocycles. The fourth-order valence-corrected chi connectivity index (χ4v) is 3.44. The van der Waals surface area contributed by atoms with E-state index < -0.39 is 35.0 Å². The summed E-state index contributed by atoms with van der Waals surface area (Å²) in [5.41, 5.74) is -0.673. The van der Waals surface area contributed by atoms with Gasteiger partial charge >= 0.3 is 0 Å². The first kappa shape index (κ1) is 18.2. The quantitative estimate of drug-likeness (QED) is 0.812. The minimum Gasteiger partial charge on any atom is -0.503 e. The van der Waals surface area contributed by atoms with Crippen molar-refractivity contribution in [1.29, 1.82) is 0 Å². The summed E-state index contributed by atoms with van der Waals surface area (Å²) in [4.78, 5) is 39.1. The number of amides is 2. The summed E-state index contributed by atoms with van der Waals surface area (Å²) in [5, 5.41) is 12.9. The van der Waals surface area contributed by atoms with Crippen LogP contribution in [0.15, 0.2) is 35.3 Å². The van der Waals surface area contributed by atoms with E-state index in [1.807, 2.05) is 0 Å². The molecule has 2 amide bonds. The van der Waals surface area contributed by atoms with E-state index in [0.717, 1.165) is 0 Å². The summed E-state index contributed by atoms with van der Waals surface area (Å²) in [5.74, 6) is -2.33. The second-order valence-electron chi connectivity index (χ2n) is 6.71. The van der Waals surface area contributed by atoms with Crippen LogP contribution in [0.4, 0.5) is 4.39 Å². The molecule has 1 fully saturated rings. The van der Waals surface area contributed by atoms with Crippen LogP contribution in [0.25, 0.3) is 0 Å². The zero-order chi connectivity index (χ0) is 19.8. The van der Waals surface area contributed by atoms with Crippen molar-refractivity contribution in [2.24, 2.45) is 0 Å². The van der Waals surface area contributed by atoms with Gasteiger partial charge in [-0.1, -0.05) is 12.1 Å². The van der Waals surface area contributed by atoms with E-state index in [2.05, 4.69) is 5.32 Å². The third-order valence-electron chi connectivity index (χ3n) is 4.88. The van der Waals surface area contributed by atoms with Gasteiger partial charge in [0.05, 0.1) is 13.2 Å². The maximum Gasteiger partial charge on any atom is 0.276 e. The number of aromatic hydroxyl groups is 1. The van der Waals surface area contributed by atoms with Crippen LogP contribution < -0.4 is 10.7 Å². The Morgan fingerprint density at radius 1 is 1.29 bits per heavy atom. The Morgan fingerprint density at radius 3 is 2.79 bits per heavy atom. The summed E-state index contributed by atoms with van der Waals surface area (Å²) in [7, 11) is 0. The Labute approximate surface area is 159 Å². The third kappa shape index (κ3) is 3.13. The molecule has 2 aliphatic heterocycles. The molecule has 2 aromatic rings. The average molecular weight is 387 g/mol. The highest BCUT2D eigenvalue weighted by atomic mass is 19.1. The van der Waals surface area contributed by atoms with Gasteiger partial charge in [-0.05, 0) is 24.1 Å². The molecular weight excluding hydrogens is 369 g/mol. The number of ether oxygens (including phenoxy) is 1. The number of nitrogens with zero attached hydrogens (tertiary/aromatic N) is 2. The minimum absolute atomic E-state index is 0.0828. The van der Waals surface area contributed by atoms with E-state index in [4.69, 9.17) is 4.74 Å². The first-order valence-electron chi connectivity index (χ1n) is 8.87. The highest BCUT2D eigenvalue weighted by molar-refractivity contribution is 5.99. The van der Waals surface area contributed by atoms with E-state index in [-0.39, 0.29) is 24.3 Å². The molecule has 0 saturated carbocycles. The fourth-order valence-electron chi connectivity index (χ4n) is 3.44. The monoisotopic (exact) mass is 387 g/mol. The number of nitrogens with one attached hydrogen (secondary N) is 1. The van der Waals surface area contributed by atoms with Gasteiger partial charge in [-0.15, -0.1) is 0 Å². The number of carbonyl (C=O) groups excluding carboxylic acids is 2. The zero-order valence-electron chi connectivity index (χ0n) is 14.9. The Bertz CT molecular complexity index is 1000. The number of aromatic nitrogens is 1. The van der Waals surface area contributed by atoms with Gasteiger partial charge in [0, 0.05) is 19.3 Å². The van der Waals surface area contributed by atoms with Crippen LogP contribution in [0, 0.1) is 5.82 Å². The third-order valence-corrected chi connectivity index (χ3v) is 4.88. The van der Waals surface area contributed by atoms with Crippen LogP contribution in [0.5, 0.6) is 5.75 Å². The minimum atomic E-state index is -0.910. The van der Waals surface area contributed by atoms with Crippen LogP contribution in [0.3, 0.4) is 0 Å². The lowest BCUT2D eigenvalue weighted by molar-refractivity contribution is -0.0920. The van der Waals surface area contributed by atoms with Gasteiger partial charge in [0.25, 0.3) is 11.8 Å². The molecule has 28 heavy (non-hydrogen) atoms. The number of hydrogen-bond donors (Lipinski definition) is 2. The number of hydrogen-bond acceptors (Lipinski definition) is 5. The van der Waals surface area contributed by atoms with Gasteiger partial charge in [-0.3, -0.25) is 14.4 Å². The molecule has 1 aromatic heterocycles. The van der Waals surface area contributed by atoms with Crippen molar-refractivity contribution in [3.05, 3.63) is 63.3 Å². The van der Waals surface area contributed by atoms with E-state index in [1.165, 1.54) is 39.9 Å². The van der Waals surface area contributed by atoms with Crippen LogP contribution in [-0.4, -0.2) is 45.8 Å². The molecule has 0 radical (unpaired) electrons. The second kappa shape index (κ2) is 7.08. The maximum absolute atomic E-state index is 13.0. The molecule has 2 aliphatic rings. The summed E-state index contributed by atoms with van der Waals surface area (Å²) in [6.07, 6.45) is 1.45. The Balaban J connectivity index is 1.61. The molecule has 2 N–H and O–H groups in total. The van der Waals surface area contributed by atoms with Gasteiger partial charge in [0.2, 0.25) is 5.43 Å². The largest absolute Gasteiger partial charge is 0.503 e.